The molecule has 5 heteroatoms. The summed E-state index contributed by atoms with van der Waals surface area (Å²) < 4.78 is 10.6. The standard InChI is InChI=1S/C22H28ClNO3/c1-22(2,3)16-7-10-18(11-8-16)27-14-6-5-13-24-20-12-9-17(23)15-19(20)21(25)26-4/h7-12,15,24H,5-6,13-14H2,1-4H3. The number of carbonyl (C=O) groups is 1. The molecule has 2 rings (SSSR count). The van der Waals surface area contributed by atoms with Crippen LogP contribution in [0.4, 0.5) is 5.69 Å². The van der Waals surface area contributed by atoms with Crippen molar-refractivity contribution in [3.63, 3.8) is 0 Å². The molecule has 0 fully saturated rings. The lowest BCUT2D eigenvalue weighted by Crippen LogP contribution is -2.11. The van der Waals surface area contributed by atoms with E-state index in [1.165, 1.54) is 12.7 Å². The molecule has 1 N–H and O–H groups in total. The summed E-state index contributed by atoms with van der Waals surface area (Å²) in [5.74, 6) is 0.490. The average Bonchev–Trinajstić information content (AvgIpc) is 2.64. The fourth-order valence-corrected chi connectivity index (χ4v) is 2.81. The summed E-state index contributed by atoms with van der Waals surface area (Å²) in [5.41, 5.74) is 2.61. The van der Waals surface area contributed by atoms with E-state index in [1.807, 2.05) is 12.1 Å². The Hall–Kier alpha value is -2.20. The lowest BCUT2D eigenvalue weighted by Gasteiger charge is -2.19. The molecule has 4 nitrogen and oxygen atoms in total. The van der Waals surface area contributed by atoms with Crippen molar-refractivity contribution in [2.45, 2.75) is 39.0 Å². The Morgan fingerprint density at radius 2 is 1.78 bits per heavy atom. The molecule has 0 aliphatic heterocycles. The van der Waals surface area contributed by atoms with Gasteiger partial charge in [0.25, 0.3) is 0 Å². The Morgan fingerprint density at radius 1 is 1.07 bits per heavy atom. The quantitative estimate of drug-likeness (QED) is 0.465. The highest BCUT2D eigenvalue weighted by Gasteiger charge is 2.13. The van der Waals surface area contributed by atoms with Gasteiger partial charge in [-0.25, -0.2) is 4.79 Å². The largest absolute Gasteiger partial charge is 0.494 e. The number of halogens is 1. The van der Waals surface area contributed by atoms with E-state index in [2.05, 4.69) is 38.2 Å². The SMILES string of the molecule is COC(=O)c1cc(Cl)ccc1NCCCCOc1ccc(C(C)(C)C)cc1. The van der Waals surface area contributed by atoms with E-state index in [4.69, 9.17) is 21.1 Å². The highest BCUT2D eigenvalue weighted by Crippen LogP contribution is 2.24. The summed E-state index contributed by atoms with van der Waals surface area (Å²) in [5, 5.41) is 3.77. The Balaban J connectivity index is 1.74. The van der Waals surface area contributed by atoms with Crippen LogP contribution in [-0.4, -0.2) is 26.2 Å². The number of ether oxygens (including phenoxy) is 2. The first-order chi connectivity index (χ1) is 12.8. The van der Waals surface area contributed by atoms with Crippen molar-refractivity contribution < 1.29 is 14.3 Å². The van der Waals surface area contributed by atoms with Crippen molar-refractivity contribution in [3.05, 3.63) is 58.6 Å². The maximum atomic E-state index is 11.8. The second-order valence-electron chi connectivity index (χ2n) is 7.44. The van der Waals surface area contributed by atoms with Gasteiger partial charge in [-0.15, -0.1) is 0 Å². The fraction of sp³-hybridized carbons (Fsp3) is 0.409. The van der Waals surface area contributed by atoms with Crippen LogP contribution >= 0.6 is 11.6 Å². The summed E-state index contributed by atoms with van der Waals surface area (Å²) in [4.78, 5) is 11.8. The topological polar surface area (TPSA) is 47.6 Å². The van der Waals surface area contributed by atoms with Gasteiger partial charge < -0.3 is 14.8 Å². The van der Waals surface area contributed by atoms with Crippen LogP contribution < -0.4 is 10.1 Å². The molecule has 0 spiro atoms. The fourth-order valence-electron chi connectivity index (χ4n) is 2.64. The van der Waals surface area contributed by atoms with Gasteiger partial charge in [-0.05, 0) is 54.2 Å². The van der Waals surface area contributed by atoms with Crippen LogP contribution in [0.1, 0.15) is 49.5 Å². The zero-order valence-corrected chi connectivity index (χ0v) is 17.2. The summed E-state index contributed by atoms with van der Waals surface area (Å²) in [7, 11) is 1.36. The maximum absolute atomic E-state index is 11.8. The smallest absolute Gasteiger partial charge is 0.340 e. The van der Waals surface area contributed by atoms with Gasteiger partial charge in [-0.3, -0.25) is 0 Å². The Kier molecular flexibility index (Phi) is 7.55. The highest BCUT2D eigenvalue weighted by molar-refractivity contribution is 6.31. The Bertz CT molecular complexity index is 751. The number of anilines is 1. The number of benzene rings is 2. The van der Waals surface area contributed by atoms with Crippen LogP contribution in [0, 0.1) is 0 Å². The number of rotatable bonds is 8. The van der Waals surface area contributed by atoms with Crippen LogP contribution in [0.15, 0.2) is 42.5 Å². The van der Waals surface area contributed by atoms with Crippen molar-refractivity contribution in [3.8, 4) is 5.75 Å². The summed E-state index contributed by atoms with van der Waals surface area (Å²) >= 11 is 5.96. The van der Waals surface area contributed by atoms with Crippen molar-refractivity contribution >= 4 is 23.3 Å². The van der Waals surface area contributed by atoms with Crippen LogP contribution in [0.25, 0.3) is 0 Å². The van der Waals surface area contributed by atoms with E-state index < -0.39 is 5.97 Å². The molecule has 0 unspecified atom stereocenters. The monoisotopic (exact) mass is 389 g/mol. The van der Waals surface area contributed by atoms with E-state index >= 15 is 0 Å². The number of methoxy groups -OCH3 is 1. The third-order valence-corrected chi connectivity index (χ3v) is 4.50. The minimum absolute atomic E-state index is 0.148. The minimum Gasteiger partial charge on any atom is -0.494 e. The van der Waals surface area contributed by atoms with Gasteiger partial charge in [0.2, 0.25) is 0 Å². The first-order valence-electron chi connectivity index (χ1n) is 9.16. The van der Waals surface area contributed by atoms with E-state index in [0.29, 0.717) is 17.2 Å². The third kappa shape index (κ3) is 6.47. The van der Waals surface area contributed by atoms with Crippen LogP contribution in [0.5, 0.6) is 5.75 Å². The molecular weight excluding hydrogens is 362 g/mol. The highest BCUT2D eigenvalue weighted by atomic mass is 35.5. The lowest BCUT2D eigenvalue weighted by molar-refractivity contribution is 0.0602. The Labute approximate surface area is 166 Å². The van der Waals surface area contributed by atoms with Crippen molar-refractivity contribution in [1.82, 2.24) is 0 Å². The number of hydrogen-bond donors (Lipinski definition) is 1. The molecule has 0 saturated carbocycles. The van der Waals surface area contributed by atoms with Crippen LogP contribution in [-0.2, 0) is 10.2 Å². The van der Waals surface area contributed by atoms with E-state index in [1.54, 1.807) is 18.2 Å². The molecule has 0 aromatic heterocycles. The molecule has 0 heterocycles. The molecule has 0 aliphatic rings. The lowest BCUT2D eigenvalue weighted by atomic mass is 9.87. The molecule has 0 atom stereocenters. The van der Waals surface area contributed by atoms with Crippen molar-refractivity contribution in [2.75, 3.05) is 25.6 Å². The number of hydrogen-bond acceptors (Lipinski definition) is 4. The van der Waals surface area contributed by atoms with Gasteiger partial charge in [0, 0.05) is 17.3 Å². The first kappa shape index (κ1) is 21.1. The zero-order chi connectivity index (χ0) is 19.9. The maximum Gasteiger partial charge on any atom is 0.340 e. The molecule has 0 saturated heterocycles. The average molecular weight is 390 g/mol. The molecule has 0 aliphatic carbocycles. The molecule has 0 bridgehead atoms. The van der Waals surface area contributed by atoms with Gasteiger partial charge in [0.05, 0.1) is 19.3 Å². The Morgan fingerprint density at radius 3 is 2.41 bits per heavy atom. The summed E-state index contributed by atoms with van der Waals surface area (Å²) in [6, 6.07) is 13.4. The molecule has 146 valence electrons. The van der Waals surface area contributed by atoms with Gasteiger partial charge in [-0.1, -0.05) is 44.5 Å². The second-order valence-corrected chi connectivity index (χ2v) is 7.87. The third-order valence-electron chi connectivity index (χ3n) is 4.26. The zero-order valence-electron chi connectivity index (χ0n) is 16.5. The predicted octanol–water partition coefficient (Wildman–Crippen LogP) is 5.70. The van der Waals surface area contributed by atoms with Crippen molar-refractivity contribution in [1.29, 1.82) is 0 Å². The molecule has 0 amide bonds. The van der Waals surface area contributed by atoms with Gasteiger partial charge in [0.1, 0.15) is 5.75 Å². The number of carbonyl (C=O) groups excluding carboxylic acids is 1. The van der Waals surface area contributed by atoms with Crippen molar-refractivity contribution in [2.24, 2.45) is 0 Å². The molecule has 0 radical (unpaired) electrons. The molecule has 2 aromatic carbocycles. The summed E-state index contributed by atoms with van der Waals surface area (Å²) in [6.45, 7) is 7.98. The minimum atomic E-state index is -0.401. The number of unbranched alkanes of at least 4 members (excludes halogenated alkanes) is 1. The van der Waals surface area contributed by atoms with E-state index in [-0.39, 0.29) is 5.41 Å². The first-order valence-corrected chi connectivity index (χ1v) is 9.54. The number of nitrogens with one attached hydrogen (secondary N) is 1. The molecule has 2 aromatic rings. The van der Waals surface area contributed by atoms with Crippen LogP contribution in [0.2, 0.25) is 5.02 Å². The molecular formula is C22H28ClNO3. The van der Waals surface area contributed by atoms with E-state index in [0.717, 1.165) is 30.8 Å². The second kappa shape index (κ2) is 9.65. The van der Waals surface area contributed by atoms with Gasteiger partial charge in [-0.2, -0.15) is 0 Å². The van der Waals surface area contributed by atoms with E-state index in [9.17, 15) is 4.79 Å². The number of esters is 1. The summed E-state index contributed by atoms with van der Waals surface area (Å²) in [6.07, 6.45) is 1.83. The van der Waals surface area contributed by atoms with Gasteiger partial charge in [0.15, 0.2) is 0 Å². The normalized spacial score (nSPS) is 11.1. The predicted molar refractivity (Wildman–Crippen MR) is 111 cm³/mol. The van der Waals surface area contributed by atoms with Gasteiger partial charge >= 0.3 is 5.97 Å². The molecule has 27 heavy (non-hydrogen) atoms. The van der Waals surface area contributed by atoms with Crippen LogP contribution in [0.3, 0.4) is 0 Å².